The van der Waals surface area contributed by atoms with Crippen molar-refractivity contribution in [2.75, 3.05) is 6.54 Å². The van der Waals surface area contributed by atoms with E-state index in [9.17, 15) is 18.0 Å². The average Bonchev–Trinajstić information content (AvgIpc) is 2.96. The Morgan fingerprint density at radius 1 is 1.26 bits per heavy atom. The Bertz CT molecular complexity index is 844. The first-order valence-corrected chi connectivity index (χ1v) is 6.58. The first-order chi connectivity index (χ1) is 10.9. The van der Waals surface area contributed by atoms with Crippen molar-refractivity contribution in [3.05, 3.63) is 48.3 Å². The number of pyridine rings is 1. The van der Waals surface area contributed by atoms with Crippen molar-refractivity contribution in [2.45, 2.75) is 6.18 Å². The summed E-state index contributed by atoms with van der Waals surface area (Å²) in [7, 11) is 0. The summed E-state index contributed by atoms with van der Waals surface area (Å²) in [4.78, 5) is 19.9. The van der Waals surface area contributed by atoms with E-state index in [1.54, 1.807) is 29.8 Å². The number of hydrogen-bond donors (Lipinski definition) is 1. The highest BCUT2D eigenvalue weighted by Crippen LogP contribution is 2.24. The van der Waals surface area contributed by atoms with Gasteiger partial charge in [0, 0.05) is 18.0 Å². The highest BCUT2D eigenvalue weighted by molar-refractivity contribution is 5.97. The minimum Gasteiger partial charge on any atom is -0.436 e. The van der Waals surface area contributed by atoms with Crippen LogP contribution in [0.3, 0.4) is 0 Å². The molecule has 3 rings (SSSR count). The fourth-order valence-corrected chi connectivity index (χ4v) is 1.96. The first-order valence-electron chi connectivity index (χ1n) is 6.58. The Hall–Kier alpha value is -2.90. The summed E-state index contributed by atoms with van der Waals surface area (Å²) in [5, 5.41) is 1.81. The van der Waals surface area contributed by atoms with Crippen LogP contribution in [0.5, 0.6) is 0 Å². The number of alkyl halides is 3. The minimum absolute atomic E-state index is 0.0654. The molecule has 0 atom stereocenters. The van der Waals surface area contributed by atoms with Crippen LogP contribution in [0.15, 0.2) is 47.1 Å². The van der Waals surface area contributed by atoms with E-state index in [0.29, 0.717) is 22.6 Å². The average molecular weight is 321 g/mol. The van der Waals surface area contributed by atoms with E-state index in [4.69, 9.17) is 4.42 Å². The molecule has 0 aliphatic heterocycles. The van der Waals surface area contributed by atoms with E-state index in [0.717, 1.165) is 0 Å². The number of hydrogen-bond acceptors (Lipinski definition) is 4. The third kappa shape index (κ3) is 3.47. The molecule has 2 heterocycles. The summed E-state index contributed by atoms with van der Waals surface area (Å²) in [6, 6.07) is 7.74. The van der Waals surface area contributed by atoms with Gasteiger partial charge in [-0.3, -0.25) is 9.78 Å². The van der Waals surface area contributed by atoms with Gasteiger partial charge in [0.1, 0.15) is 12.1 Å². The van der Waals surface area contributed by atoms with Gasteiger partial charge in [-0.1, -0.05) is 0 Å². The molecule has 0 saturated carbocycles. The lowest BCUT2D eigenvalue weighted by Gasteiger charge is -2.07. The van der Waals surface area contributed by atoms with E-state index < -0.39 is 18.6 Å². The second-order valence-electron chi connectivity index (χ2n) is 4.74. The molecule has 8 heteroatoms. The fourth-order valence-electron chi connectivity index (χ4n) is 1.96. The number of fused-ring (bicyclic) bond motifs is 1. The summed E-state index contributed by atoms with van der Waals surface area (Å²) in [6.45, 7) is -1.39. The molecule has 23 heavy (non-hydrogen) atoms. The SMILES string of the molecule is O=C(NCC(F)(F)F)c1ccc2nc(-c3cccnc3)oc2c1. The minimum atomic E-state index is -4.46. The van der Waals surface area contributed by atoms with Gasteiger partial charge in [-0.05, 0) is 30.3 Å². The highest BCUT2D eigenvalue weighted by Gasteiger charge is 2.28. The largest absolute Gasteiger partial charge is 0.436 e. The number of aromatic nitrogens is 2. The molecule has 0 saturated heterocycles. The zero-order chi connectivity index (χ0) is 16.4. The summed E-state index contributed by atoms with van der Waals surface area (Å²) in [6.07, 6.45) is -1.28. The Balaban J connectivity index is 1.86. The van der Waals surface area contributed by atoms with Crippen LogP contribution in [0.2, 0.25) is 0 Å². The molecular formula is C15H10F3N3O2. The summed E-state index contributed by atoms with van der Waals surface area (Å²) < 4.78 is 41.9. The number of amides is 1. The number of carbonyl (C=O) groups excluding carboxylic acids is 1. The second kappa shape index (κ2) is 5.71. The summed E-state index contributed by atoms with van der Waals surface area (Å²) in [5.41, 5.74) is 1.53. The third-order valence-electron chi connectivity index (χ3n) is 3.01. The van der Waals surface area contributed by atoms with Gasteiger partial charge < -0.3 is 9.73 Å². The molecule has 3 aromatic rings. The van der Waals surface area contributed by atoms with Crippen molar-refractivity contribution >= 4 is 17.0 Å². The molecule has 0 radical (unpaired) electrons. The van der Waals surface area contributed by atoms with E-state index in [2.05, 4.69) is 9.97 Å². The van der Waals surface area contributed by atoms with Crippen LogP contribution >= 0.6 is 0 Å². The molecule has 0 spiro atoms. The normalized spacial score (nSPS) is 11.6. The number of rotatable bonds is 3. The number of benzene rings is 1. The zero-order valence-electron chi connectivity index (χ0n) is 11.6. The third-order valence-corrected chi connectivity index (χ3v) is 3.01. The molecule has 0 aliphatic carbocycles. The van der Waals surface area contributed by atoms with Crippen molar-refractivity contribution in [3.63, 3.8) is 0 Å². The maximum atomic E-state index is 12.1. The molecule has 5 nitrogen and oxygen atoms in total. The molecular weight excluding hydrogens is 311 g/mol. The summed E-state index contributed by atoms with van der Waals surface area (Å²) in [5.74, 6) is -0.510. The molecule has 0 fully saturated rings. The van der Waals surface area contributed by atoms with Crippen molar-refractivity contribution in [1.82, 2.24) is 15.3 Å². The van der Waals surface area contributed by atoms with Crippen LogP contribution in [0.25, 0.3) is 22.6 Å². The van der Waals surface area contributed by atoms with E-state index >= 15 is 0 Å². The van der Waals surface area contributed by atoms with Gasteiger partial charge in [0.25, 0.3) is 5.91 Å². The number of oxazole rings is 1. The van der Waals surface area contributed by atoms with Crippen LogP contribution in [0.4, 0.5) is 13.2 Å². The number of nitrogens with zero attached hydrogens (tertiary/aromatic N) is 2. The maximum absolute atomic E-state index is 12.1. The van der Waals surface area contributed by atoms with Gasteiger partial charge in [0.05, 0.1) is 5.56 Å². The summed E-state index contributed by atoms with van der Waals surface area (Å²) >= 11 is 0. The lowest BCUT2D eigenvalue weighted by molar-refractivity contribution is -0.123. The maximum Gasteiger partial charge on any atom is 0.405 e. The van der Waals surface area contributed by atoms with Gasteiger partial charge in [0.2, 0.25) is 5.89 Å². The molecule has 0 unspecified atom stereocenters. The number of nitrogens with one attached hydrogen (secondary N) is 1. The monoisotopic (exact) mass is 321 g/mol. The standard InChI is InChI=1S/C15H10F3N3O2/c16-15(17,18)8-20-13(22)9-3-4-11-12(6-9)23-14(21-11)10-2-1-5-19-7-10/h1-7H,8H2,(H,20,22). The molecule has 118 valence electrons. The molecule has 0 aliphatic rings. The van der Waals surface area contributed by atoms with Crippen LogP contribution < -0.4 is 5.32 Å². The lowest BCUT2D eigenvalue weighted by atomic mass is 10.2. The predicted molar refractivity (Wildman–Crippen MR) is 75.6 cm³/mol. The predicted octanol–water partition coefficient (Wildman–Crippen LogP) is 3.18. The molecule has 2 aromatic heterocycles. The Morgan fingerprint density at radius 2 is 2.09 bits per heavy atom. The van der Waals surface area contributed by atoms with Crippen LogP contribution in [0, 0.1) is 0 Å². The number of halogens is 3. The first kappa shape index (κ1) is 15.0. The van der Waals surface area contributed by atoms with Gasteiger partial charge in [-0.25, -0.2) is 4.98 Å². The van der Waals surface area contributed by atoms with E-state index in [1.807, 2.05) is 0 Å². The lowest BCUT2D eigenvalue weighted by Crippen LogP contribution is -2.33. The van der Waals surface area contributed by atoms with Crippen molar-refractivity contribution in [1.29, 1.82) is 0 Å². The highest BCUT2D eigenvalue weighted by atomic mass is 19.4. The Kier molecular flexibility index (Phi) is 3.73. The van der Waals surface area contributed by atoms with Crippen molar-refractivity contribution < 1.29 is 22.4 Å². The van der Waals surface area contributed by atoms with Gasteiger partial charge in [-0.2, -0.15) is 13.2 Å². The zero-order valence-corrected chi connectivity index (χ0v) is 11.6. The molecule has 1 aromatic carbocycles. The molecule has 1 N–H and O–H groups in total. The van der Waals surface area contributed by atoms with Gasteiger partial charge in [-0.15, -0.1) is 0 Å². The van der Waals surface area contributed by atoms with E-state index in [-0.39, 0.29) is 5.56 Å². The number of carbonyl (C=O) groups is 1. The topological polar surface area (TPSA) is 68.0 Å². The van der Waals surface area contributed by atoms with Crippen molar-refractivity contribution in [2.24, 2.45) is 0 Å². The second-order valence-corrected chi connectivity index (χ2v) is 4.74. The Labute approximate surface area is 128 Å². The van der Waals surface area contributed by atoms with Gasteiger partial charge in [0.15, 0.2) is 5.58 Å². The van der Waals surface area contributed by atoms with E-state index in [1.165, 1.54) is 18.2 Å². The Morgan fingerprint density at radius 3 is 2.78 bits per heavy atom. The van der Waals surface area contributed by atoms with Gasteiger partial charge >= 0.3 is 6.18 Å². The van der Waals surface area contributed by atoms with Crippen molar-refractivity contribution in [3.8, 4) is 11.5 Å². The fraction of sp³-hybridized carbons (Fsp3) is 0.133. The van der Waals surface area contributed by atoms with Crippen LogP contribution in [-0.2, 0) is 0 Å². The molecule has 0 bridgehead atoms. The smallest absolute Gasteiger partial charge is 0.405 e. The van der Waals surface area contributed by atoms with Crippen LogP contribution in [-0.4, -0.2) is 28.6 Å². The van der Waals surface area contributed by atoms with Crippen LogP contribution in [0.1, 0.15) is 10.4 Å². The quantitative estimate of drug-likeness (QED) is 0.804. The molecule has 1 amide bonds.